The van der Waals surface area contributed by atoms with Gasteiger partial charge in [-0.1, -0.05) is 13.8 Å². The number of rotatable bonds is 4. The van der Waals surface area contributed by atoms with Crippen molar-refractivity contribution in [2.75, 3.05) is 28.4 Å². The van der Waals surface area contributed by atoms with Crippen LogP contribution in [0.4, 0.5) is 0 Å². The fourth-order valence-electron chi connectivity index (χ4n) is 4.07. The van der Waals surface area contributed by atoms with Gasteiger partial charge >= 0.3 is 0 Å². The van der Waals surface area contributed by atoms with Crippen molar-refractivity contribution in [3.63, 3.8) is 0 Å². The minimum atomic E-state index is -0.106. The van der Waals surface area contributed by atoms with Crippen LogP contribution in [0.25, 0.3) is 11.1 Å². The summed E-state index contributed by atoms with van der Waals surface area (Å²) in [5.74, 6) is 2.10. The number of benzene rings is 2. The quantitative estimate of drug-likeness (QED) is 0.819. The van der Waals surface area contributed by atoms with Crippen LogP contribution >= 0.6 is 0 Å². The number of ether oxygens (including phenoxy) is 4. The topological polar surface area (TPSA) is 77.4 Å². The Bertz CT molecular complexity index is 890. The van der Waals surface area contributed by atoms with Crippen molar-refractivity contribution in [1.82, 2.24) is 0 Å². The minimum absolute atomic E-state index is 0.0443. The smallest absolute Gasteiger partial charge is 0.203 e. The number of phenolic OH excluding ortho intramolecular Hbond substituents is 2. The fourth-order valence-corrected chi connectivity index (χ4v) is 4.07. The molecule has 2 aromatic rings. The largest absolute Gasteiger partial charge is 0.504 e. The average molecular weight is 388 g/mol. The van der Waals surface area contributed by atoms with Gasteiger partial charge in [0.1, 0.15) is 0 Å². The van der Waals surface area contributed by atoms with Crippen molar-refractivity contribution < 1.29 is 29.2 Å². The predicted molar refractivity (Wildman–Crippen MR) is 107 cm³/mol. The van der Waals surface area contributed by atoms with Crippen LogP contribution < -0.4 is 18.9 Å². The van der Waals surface area contributed by atoms with Crippen LogP contribution in [-0.4, -0.2) is 38.7 Å². The van der Waals surface area contributed by atoms with Crippen LogP contribution in [0.15, 0.2) is 12.1 Å². The highest BCUT2D eigenvalue weighted by atomic mass is 16.5. The van der Waals surface area contributed by atoms with Crippen molar-refractivity contribution >= 4 is 0 Å². The standard InChI is InChI=1S/C22H28O6/c1-11-7-13-9-15(23)20(26-4)19(24)17(13)18-14(8-12(11)2)10-16(25-3)21(27-5)22(18)28-6/h9-12,23-24H,7-8H2,1-6H3. The second kappa shape index (κ2) is 7.70. The number of methoxy groups -OCH3 is 4. The maximum atomic E-state index is 11.0. The van der Waals surface area contributed by atoms with Gasteiger partial charge in [-0.2, -0.15) is 0 Å². The van der Waals surface area contributed by atoms with Gasteiger partial charge in [0, 0.05) is 11.1 Å². The molecule has 2 unspecified atom stereocenters. The molecule has 6 heteroatoms. The molecule has 0 spiro atoms. The third kappa shape index (κ3) is 3.07. The summed E-state index contributed by atoms with van der Waals surface area (Å²) >= 11 is 0. The van der Waals surface area contributed by atoms with E-state index in [1.807, 2.05) is 6.07 Å². The van der Waals surface area contributed by atoms with Crippen molar-refractivity contribution in [1.29, 1.82) is 0 Å². The van der Waals surface area contributed by atoms with E-state index in [1.165, 1.54) is 7.11 Å². The lowest BCUT2D eigenvalue weighted by Crippen LogP contribution is -2.18. The van der Waals surface area contributed by atoms with Crippen molar-refractivity contribution in [3.05, 3.63) is 23.3 Å². The molecule has 1 aliphatic carbocycles. The van der Waals surface area contributed by atoms with Crippen LogP contribution in [0.5, 0.6) is 34.5 Å². The fraction of sp³-hybridized carbons (Fsp3) is 0.455. The predicted octanol–water partition coefficient (Wildman–Crippen LogP) is 4.17. The Balaban J connectivity index is 2.47. The summed E-state index contributed by atoms with van der Waals surface area (Å²) in [6, 6.07) is 3.61. The molecule has 0 saturated carbocycles. The minimum Gasteiger partial charge on any atom is -0.504 e. The molecule has 6 nitrogen and oxygen atoms in total. The molecule has 0 saturated heterocycles. The number of aromatic hydroxyl groups is 2. The van der Waals surface area contributed by atoms with Crippen LogP contribution in [0, 0.1) is 11.8 Å². The molecule has 152 valence electrons. The molecule has 0 radical (unpaired) electrons. The summed E-state index contributed by atoms with van der Waals surface area (Å²) in [5, 5.41) is 21.4. The number of fused-ring (bicyclic) bond motifs is 3. The van der Waals surface area contributed by atoms with E-state index < -0.39 is 0 Å². The van der Waals surface area contributed by atoms with Crippen LogP contribution in [0.3, 0.4) is 0 Å². The highest BCUT2D eigenvalue weighted by Gasteiger charge is 2.32. The van der Waals surface area contributed by atoms with E-state index in [0.717, 1.165) is 23.1 Å². The Morgan fingerprint density at radius 1 is 0.714 bits per heavy atom. The first-order valence-electron chi connectivity index (χ1n) is 9.31. The van der Waals surface area contributed by atoms with Gasteiger partial charge in [0.2, 0.25) is 11.5 Å². The van der Waals surface area contributed by atoms with Crippen LogP contribution in [0.2, 0.25) is 0 Å². The van der Waals surface area contributed by atoms with E-state index in [1.54, 1.807) is 27.4 Å². The third-order valence-corrected chi connectivity index (χ3v) is 5.74. The Labute approximate surface area is 165 Å². The zero-order valence-electron chi connectivity index (χ0n) is 17.3. The molecule has 3 rings (SSSR count). The number of phenols is 2. The van der Waals surface area contributed by atoms with Crippen molar-refractivity contribution in [2.24, 2.45) is 11.8 Å². The van der Waals surface area contributed by atoms with E-state index >= 15 is 0 Å². The van der Waals surface area contributed by atoms with Crippen LogP contribution in [-0.2, 0) is 12.8 Å². The zero-order chi connectivity index (χ0) is 20.6. The van der Waals surface area contributed by atoms with Gasteiger partial charge in [-0.25, -0.2) is 0 Å². The normalized spacial score (nSPS) is 18.4. The van der Waals surface area contributed by atoms with Gasteiger partial charge in [-0.15, -0.1) is 0 Å². The van der Waals surface area contributed by atoms with E-state index in [9.17, 15) is 10.2 Å². The van der Waals surface area contributed by atoms with Crippen molar-refractivity contribution in [2.45, 2.75) is 26.7 Å². The summed E-state index contributed by atoms with van der Waals surface area (Å²) in [4.78, 5) is 0. The van der Waals surface area contributed by atoms with Crippen molar-refractivity contribution in [3.8, 4) is 45.6 Å². The lowest BCUT2D eigenvalue weighted by Gasteiger charge is -2.29. The van der Waals surface area contributed by atoms with E-state index in [2.05, 4.69) is 13.8 Å². The first-order valence-corrected chi connectivity index (χ1v) is 9.31. The molecule has 0 aromatic heterocycles. The highest BCUT2D eigenvalue weighted by Crippen LogP contribution is 2.55. The molecule has 0 bridgehead atoms. The average Bonchev–Trinajstić information content (AvgIpc) is 2.66. The monoisotopic (exact) mass is 388 g/mol. The maximum absolute atomic E-state index is 11.0. The molecular formula is C22H28O6. The Hall–Kier alpha value is -2.76. The van der Waals surface area contributed by atoms with Gasteiger partial charge < -0.3 is 29.2 Å². The Kier molecular flexibility index (Phi) is 5.49. The molecule has 2 N–H and O–H groups in total. The zero-order valence-corrected chi connectivity index (χ0v) is 17.3. The maximum Gasteiger partial charge on any atom is 0.203 e. The van der Waals surface area contributed by atoms with Gasteiger partial charge in [-0.05, 0) is 47.9 Å². The van der Waals surface area contributed by atoms with E-state index in [4.69, 9.17) is 18.9 Å². The number of hydrogen-bond acceptors (Lipinski definition) is 6. The lowest BCUT2D eigenvalue weighted by atomic mass is 9.77. The van der Waals surface area contributed by atoms with Crippen LogP contribution in [0.1, 0.15) is 25.0 Å². The first-order chi connectivity index (χ1) is 13.4. The van der Waals surface area contributed by atoms with E-state index in [-0.39, 0.29) is 17.2 Å². The van der Waals surface area contributed by atoms with Gasteiger partial charge in [0.05, 0.1) is 28.4 Å². The molecule has 2 atom stereocenters. The molecular weight excluding hydrogens is 360 g/mol. The molecule has 1 aliphatic rings. The third-order valence-electron chi connectivity index (χ3n) is 5.74. The summed E-state index contributed by atoms with van der Waals surface area (Å²) in [7, 11) is 6.13. The van der Waals surface area contributed by atoms with Gasteiger partial charge in [0.25, 0.3) is 0 Å². The molecule has 0 fully saturated rings. The molecule has 28 heavy (non-hydrogen) atoms. The second-order valence-electron chi connectivity index (χ2n) is 7.35. The summed E-state index contributed by atoms with van der Waals surface area (Å²) < 4.78 is 22.1. The molecule has 0 aliphatic heterocycles. The Morgan fingerprint density at radius 3 is 1.75 bits per heavy atom. The van der Waals surface area contributed by atoms with E-state index in [0.29, 0.717) is 41.1 Å². The summed E-state index contributed by atoms with van der Waals surface area (Å²) in [6.07, 6.45) is 1.49. The Morgan fingerprint density at radius 2 is 1.25 bits per heavy atom. The molecule has 0 heterocycles. The van der Waals surface area contributed by atoms with Gasteiger partial charge in [-0.3, -0.25) is 0 Å². The summed E-state index contributed by atoms with van der Waals surface area (Å²) in [5.41, 5.74) is 3.16. The molecule has 2 aromatic carbocycles. The highest BCUT2D eigenvalue weighted by molar-refractivity contribution is 5.88. The molecule has 0 amide bonds. The SMILES string of the molecule is COc1cc2c(c(OC)c1OC)-c1c(cc(O)c(OC)c1O)CC(C)C(C)C2. The lowest BCUT2D eigenvalue weighted by molar-refractivity contribution is 0.321. The first kappa shape index (κ1) is 20.0. The van der Waals surface area contributed by atoms with Gasteiger partial charge in [0.15, 0.2) is 23.0 Å². The number of hydrogen-bond donors (Lipinski definition) is 2. The second-order valence-corrected chi connectivity index (χ2v) is 7.35. The summed E-state index contributed by atoms with van der Waals surface area (Å²) in [6.45, 7) is 4.38.